The van der Waals surface area contributed by atoms with E-state index in [1.807, 2.05) is 17.7 Å². The SMILES string of the molecule is CCCn1cc(S(=O)(=O)NCCSC)cc1CNCC. The average molecular weight is 319 g/mol. The van der Waals surface area contributed by atoms with Gasteiger partial charge in [0.05, 0.1) is 4.90 Å². The maximum absolute atomic E-state index is 12.2. The van der Waals surface area contributed by atoms with Crippen molar-refractivity contribution in [2.45, 2.75) is 38.3 Å². The average Bonchev–Trinajstić information content (AvgIpc) is 2.81. The van der Waals surface area contributed by atoms with E-state index in [2.05, 4.69) is 17.0 Å². The monoisotopic (exact) mass is 319 g/mol. The first kappa shape index (κ1) is 17.6. The van der Waals surface area contributed by atoms with Gasteiger partial charge in [0.2, 0.25) is 10.0 Å². The summed E-state index contributed by atoms with van der Waals surface area (Å²) in [4.78, 5) is 0.361. The third-order valence-electron chi connectivity index (χ3n) is 2.89. The summed E-state index contributed by atoms with van der Waals surface area (Å²) in [5.74, 6) is 0.777. The molecule has 20 heavy (non-hydrogen) atoms. The van der Waals surface area contributed by atoms with Gasteiger partial charge in [-0.05, 0) is 25.3 Å². The summed E-state index contributed by atoms with van der Waals surface area (Å²) in [6.45, 7) is 6.98. The van der Waals surface area contributed by atoms with Crippen LogP contribution in [0.25, 0.3) is 0 Å². The van der Waals surface area contributed by atoms with Crippen molar-refractivity contribution in [3.8, 4) is 0 Å². The van der Waals surface area contributed by atoms with E-state index in [-0.39, 0.29) is 0 Å². The topological polar surface area (TPSA) is 63.1 Å². The molecule has 0 unspecified atom stereocenters. The number of thioether (sulfide) groups is 1. The Kier molecular flexibility index (Phi) is 7.65. The number of aromatic nitrogens is 1. The minimum Gasteiger partial charge on any atom is -0.349 e. The molecule has 0 saturated carbocycles. The summed E-state index contributed by atoms with van der Waals surface area (Å²) in [6.07, 6.45) is 4.67. The second kappa shape index (κ2) is 8.71. The number of sulfonamides is 1. The van der Waals surface area contributed by atoms with E-state index in [0.717, 1.165) is 31.0 Å². The molecule has 0 atom stereocenters. The zero-order valence-electron chi connectivity index (χ0n) is 12.5. The predicted molar refractivity (Wildman–Crippen MR) is 85.7 cm³/mol. The highest BCUT2D eigenvalue weighted by Gasteiger charge is 2.17. The molecule has 0 radical (unpaired) electrons. The van der Waals surface area contributed by atoms with E-state index in [0.29, 0.717) is 18.0 Å². The van der Waals surface area contributed by atoms with Crippen molar-refractivity contribution in [1.82, 2.24) is 14.6 Å². The number of nitrogens with one attached hydrogen (secondary N) is 2. The Morgan fingerprint density at radius 3 is 2.70 bits per heavy atom. The van der Waals surface area contributed by atoms with Gasteiger partial charge < -0.3 is 9.88 Å². The molecular weight excluding hydrogens is 294 g/mol. The summed E-state index contributed by atoms with van der Waals surface area (Å²) in [6, 6.07) is 1.76. The Labute approximate surface area is 126 Å². The fourth-order valence-corrected chi connectivity index (χ4v) is 3.41. The standard InChI is InChI=1S/C13H25N3O2S2/c1-4-7-16-11-13(9-12(16)10-14-5-2)20(17,18)15-6-8-19-3/h9,11,14-15H,4-8,10H2,1-3H3. The van der Waals surface area contributed by atoms with Gasteiger partial charge in [-0.2, -0.15) is 11.8 Å². The Hall–Kier alpha value is -0.500. The van der Waals surface area contributed by atoms with E-state index in [4.69, 9.17) is 0 Å². The lowest BCUT2D eigenvalue weighted by Crippen LogP contribution is -2.25. The van der Waals surface area contributed by atoms with Crippen molar-refractivity contribution in [2.24, 2.45) is 0 Å². The van der Waals surface area contributed by atoms with E-state index in [1.165, 1.54) is 0 Å². The van der Waals surface area contributed by atoms with Gasteiger partial charge in [0.15, 0.2) is 0 Å². The summed E-state index contributed by atoms with van der Waals surface area (Å²) >= 11 is 1.62. The van der Waals surface area contributed by atoms with E-state index in [9.17, 15) is 8.42 Å². The van der Waals surface area contributed by atoms with Crippen LogP contribution in [0.4, 0.5) is 0 Å². The second-order valence-corrected chi connectivity index (χ2v) is 7.28. The molecule has 0 spiro atoms. The Morgan fingerprint density at radius 1 is 1.35 bits per heavy atom. The first-order chi connectivity index (χ1) is 9.55. The van der Waals surface area contributed by atoms with Crippen molar-refractivity contribution < 1.29 is 8.42 Å². The molecule has 1 aromatic heterocycles. The molecule has 0 aliphatic rings. The molecule has 1 rings (SSSR count). The molecule has 0 fully saturated rings. The van der Waals surface area contributed by atoms with Crippen LogP contribution in [0.15, 0.2) is 17.2 Å². The van der Waals surface area contributed by atoms with Crippen molar-refractivity contribution in [3.63, 3.8) is 0 Å². The molecule has 7 heteroatoms. The largest absolute Gasteiger partial charge is 0.349 e. The second-order valence-electron chi connectivity index (χ2n) is 4.53. The zero-order chi connectivity index (χ0) is 15.0. The summed E-state index contributed by atoms with van der Waals surface area (Å²) in [5, 5.41) is 3.24. The third-order valence-corrected chi connectivity index (χ3v) is 4.93. The number of aryl methyl sites for hydroxylation is 1. The number of hydrogen-bond donors (Lipinski definition) is 2. The lowest BCUT2D eigenvalue weighted by Gasteiger charge is -2.07. The summed E-state index contributed by atoms with van der Waals surface area (Å²) in [5.41, 5.74) is 1.01. The van der Waals surface area contributed by atoms with Crippen LogP contribution < -0.4 is 10.0 Å². The van der Waals surface area contributed by atoms with Gasteiger partial charge in [-0.15, -0.1) is 0 Å². The normalized spacial score (nSPS) is 11.9. The zero-order valence-corrected chi connectivity index (χ0v) is 14.1. The molecule has 2 N–H and O–H groups in total. The number of nitrogens with zero attached hydrogens (tertiary/aromatic N) is 1. The van der Waals surface area contributed by atoms with E-state index >= 15 is 0 Å². The van der Waals surface area contributed by atoms with Crippen molar-refractivity contribution in [2.75, 3.05) is 25.1 Å². The Balaban J connectivity index is 2.88. The van der Waals surface area contributed by atoms with Gasteiger partial charge in [0, 0.05) is 37.3 Å². The molecule has 1 heterocycles. The molecule has 0 aliphatic heterocycles. The molecule has 116 valence electrons. The molecule has 1 aromatic rings. The first-order valence-electron chi connectivity index (χ1n) is 6.93. The highest BCUT2D eigenvalue weighted by Crippen LogP contribution is 2.15. The molecule has 0 saturated heterocycles. The lowest BCUT2D eigenvalue weighted by molar-refractivity contribution is 0.583. The Morgan fingerprint density at radius 2 is 2.10 bits per heavy atom. The van der Waals surface area contributed by atoms with Crippen LogP contribution >= 0.6 is 11.8 Å². The van der Waals surface area contributed by atoms with Crippen LogP contribution in [-0.4, -0.2) is 38.1 Å². The molecule has 0 amide bonds. The minimum absolute atomic E-state index is 0.361. The molecule has 5 nitrogen and oxygen atoms in total. The van der Waals surface area contributed by atoms with Crippen LogP contribution in [0.1, 0.15) is 26.0 Å². The van der Waals surface area contributed by atoms with Gasteiger partial charge in [0.1, 0.15) is 0 Å². The fourth-order valence-electron chi connectivity index (χ4n) is 1.88. The van der Waals surface area contributed by atoms with Crippen LogP contribution in [-0.2, 0) is 23.1 Å². The van der Waals surface area contributed by atoms with Gasteiger partial charge in [0.25, 0.3) is 0 Å². The first-order valence-corrected chi connectivity index (χ1v) is 9.81. The van der Waals surface area contributed by atoms with Gasteiger partial charge in [-0.1, -0.05) is 13.8 Å². The van der Waals surface area contributed by atoms with Crippen molar-refractivity contribution in [3.05, 3.63) is 18.0 Å². The lowest BCUT2D eigenvalue weighted by atomic mass is 10.4. The van der Waals surface area contributed by atoms with Crippen LogP contribution in [0, 0.1) is 0 Å². The molecular formula is C13H25N3O2S2. The Bertz CT molecular complexity index is 498. The van der Waals surface area contributed by atoms with Crippen LogP contribution in [0.5, 0.6) is 0 Å². The smallest absolute Gasteiger partial charge is 0.242 e. The maximum atomic E-state index is 12.2. The van der Waals surface area contributed by atoms with Crippen molar-refractivity contribution >= 4 is 21.8 Å². The quantitative estimate of drug-likeness (QED) is 0.644. The maximum Gasteiger partial charge on any atom is 0.242 e. The van der Waals surface area contributed by atoms with Gasteiger partial charge in [-0.25, -0.2) is 13.1 Å². The fraction of sp³-hybridized carbons (Fsp3) is 0.692. The van der Waals surface area contributed by atoms with Crippen LogP contribution in [0.2, 0.25) is 0 Å². The summed E-state index contributed by atoms with van der Waals surface area (Å²) < 4.78 is 29.0. The highest BCUT2D eigenvalue weighted by molar-refractivity contribution is 7.98. The predicted octanol–water partition coefficient (Wildman–Crippen LogP) is 1.65. The molecule has 0 aliphatic carbocycles. The highest BCUT2D eigenvalue weighted by atomic mass is 32.2. The van der Waals surface area contributed by atoms with Gasteiger partial charge >= 0.3 is 0 Å². The number of hydrogen-bond acceptors (Lipinski definition) is 4. The van der Waals surface area contributed by atoms with E-state index in [1.54, 1.807) is 24.0 Å². The van der Waals surface area contributed by atoms with Crippen molar-refractivity contribution in [1.29, 1.82) is 0 Å². The molecule has 0 bridgehead atoms. The third kappa shape index (κ3) is 5.12. The minimum atomic E-state index is -3.39. The molecule has 0 aromatic carbocycles. The van der Waals surface area contributed by atoms with Crippen LogP contribution in [0.3, 0.4) is 0 Å². The summed E-state index contributed by atoms with van der Waals surface area (Å²) in [7, 11) is -3.39. The number of rotatable bonds is 10. The van der Waals surface area contributed by atoms with Gasteiger partial charge in [-0.3, -0.25) is 0 Å². The van der Waals surface area contributed by atoms with E-state index < -0.39 is 10.0 Å².